The van der Waals surface area contributed by atoms with E-state index in [9.17, 15) is 0 Å². The van der Waals surface area contributed by atoms with Gasteiger partial charge in [0.25, 0.3) is 0 Å². The Morgan fingerprint density at radius 3 is 2.74 bits per heavy atom. The van der Waals surface area contributed by atoms with Gasteiger partial charge in [-0.05, 0) is 25.5 Å². The van der Waals surface area contributed by atoms with Crippen molar-refractivity contribution in [2.45, 2.75) is 39.8 Å². The van der Waals surface area contributed by atoms with Crippen LogP contribution in [0.4, 0.5) is 0 Å². The Hall–Kier alpha value is -1.06. The van der Waals surface area contributed by atoms with Crippen molar-refractivity contribution in [2.75, 3.05) is 39.5 Å². The van der Waals surface area contributed by atoms with Crippen molar-refractivity contribution in [2.24, 2.45) is 10.4 Å². The van der Waals surface area contributed by atoms with Gasteiger partial charge in [0.15, 0.2) is 5.96 Å². The highest BCUT2D eigenvalue weighted by Crippen LogP contribution is 2.26. The van der Waals surface area contributed by atoms with E-state index in [-0.39, 0.29) is 35.5 Å². The first kappa shape index (κ1) is 22.2. The van der Waals surface area contributed by atoms with E-state index >= 15 is 0 Å². The molecule has 6 nitrogen and oxygen atoms in total. The van der Waals surface area contributed by atoms with Crippen molar-refractivity contribution < 1.29 is 14.2 Å². The first-order valence-corrected chi connectivity index (χ1v) is 9.52. The van der Waals surface area contributed by atoms with E-state index in [1.54, 1.807) is 0 Å². The molecule has 0 aromatic heterocycles. The molecule has 0 aliphatic carbocycles. The average molecular weight is 489 g/mol. The summed E-state index contributed by atoms with van der Waals surface area (Å²) in [5, 5.41) is 6.75. The molecule has 1 aromatic rings. The van der Waals surface area contributed by atoms with E-state index in [1.165, 1.54) is 5.56 Å². The topological polar surface area (TPSA) is 64.1 Å². The molecule has 152 valence electrons. The predicted molar refractivity (Wildman–Crippen MR) is 118 cm³/mol. The number of hydrogen-bond acceptors (Lipinski definition) is 4. The first-order chi connectivity index (χ1) is 12.6. The fourth-order valence-corrected chi connectivity index (χ4v) is 3.04. The maximum atomic E-state index is 6.17. The van der Waals surface area contributed by atoms with Crippen molar-refractivity contribution in [1.29, 1.82) is 0 Å². The summed E-state index contributed by atoms with van der Waals surface area (Å²) in [4.78, 5) is 4.75. The highest BCUT2D eigenvalue weighted by molar-refractivity contribution is 14.0. The van der Waals surface area contributed by atoms with E-state index in [1.807, 2.05) is 0 Å². The third-order valence-electron chi connectivity index (χ3n) is 4.74. The number of aryl methyl sites for hydroxylation is 1. The van der Waals surface area contributed by atoms with Crippen LogP contribution in [0.2, 0.25) is 0 Å². The van der Waals surface area contributed by atoms with Crippen LogP contribution in [-0.2, 0) is 16.0 Å². The highest BCUT2D eigenvalue weighted by Gasteiger charge is 2.33. The van der Waals surface area contributed by atoms with Crippen molar-refractivity contribution >= 4 is 29.9 Å². The zero-order valence-corrected chi connectivity index (χ0v) is 18.9. The second-order valence-electron chi connectivity index (χ2n) is 7.57. The van der Waals surface area contributed by atoms with Gasteiger partial charge >= 0.3 is 0 Å². The molecule has 1 atom stereocenters. The molecule has 1 unspecified atom stereocenters. The number of halogens is 1. The van der Waals surface area contributed by atoms with Gasteiger partial charge in [0.2, 0.25) is 0 Å². The van der Waals surface area contributed by atoms with Crippen LogP contribution in [0.15, 0.2) is 23.2 Å². The van der Waals surface area contributed by atoms with Gasteiger partial charge in [-0.15, -0.1) is 24.0 Å². The summed E-state index contributed by atoms with van der Waals surface area (Å²) in [5.41, 5.74) is 2.49. The van der Waals surface area contributed by atoms with Crippen LogP contribution in [0.1, 0.15) is 31.4 Å². The normalized spacial score (nSPS) is 21.1. The summed E-state index contributed by atoms with van der Waals surface area (Å²) in [6, 6.07) is 6.31. The molecular formula is C20H32IN3O3. The molecule has 2 heterocycles. The molecule has 2 saturated heterocycles. The second kappa shape index (κ2) is 10.5. The molecule has 2 aliphatic heterocycles. The lowest BCUT2D eigenvalue weighted by Gasteiger charge is -2.38. The Bertz CT molecular complexity index is 629. The zero-order valence-electron chi connectivity index (χ0n) is 16.5. The monoisotopic (exact) mass is 489 g/mol. The number of benzene rings is 1. The molecule has 2 aliphatic rings. The molecule has 0 bridgehead atoms. The number of aliphatic imine (C=N–C) groups is 1. The SMILES string of the molecule is CCNC(=NCc1ccc(C)cc1OC1CCOC1)NCC1(C)COC1.I. The van der Waals surface area contributed by atoms with Gasteiger partial charge in [0.05, 0.1) is 33.0 Å². The van der Waals surface area contributed by atoms with Crippen LogP contribution >= 0.6 is 24.0 Å². The van der Waals surface area contributed by atoms with Gasteiger partial charge < -0.3 is 24.8 Å². The molecule has 7 heteroatoms. The quantitative estimate of drug-likeness (QED) is 0.351. The van der Waals surface area contributed by atoms with Crippen LogP contribution in [0.5, 0.6) is 5.75 Å². The summed E-state index contributed by atoms with van der Waals surface area (Å²) < 4.78 is 16.9. The predicted octanol–water partition coefficient (Wildman–Crippen LogP) is 2.87. The molecule has 2 N–H and O–H groups in total. The number of hydrogen-bond donors (Lipinski definition) is 2. The summed E-state index contributed by atoms with van der Waals surface area (Å²) >= 11 is 0. The number of ether oxygens (including phenoxy) is 3. The van der Waals surface area contributed by atoms with Crippen LogP contribution in [0.25, 0.3) is 0 Å². The Morgan fingerprint density at radius 1 is 1.30 bits per heavy atom. The Balaban J connectivity index is 0.00000261. The molecule has 1 aromatic carbocycles. The number of nitrogens with one attached hydrogen (secondary N) is 2. The van der Waals surface area contributed by atoms with Gasteiger partial charge in [0.1, 0.15) is 11.9 Å². The number of rotatable bonds is 7. The molecule has 0 amide bonds. The molecule has 0 saturated carbocycles. The smallest absolute Gasteiger partial charge is 0.191 e. The summed E-state index contributed by atoms with van der Waals surface area (Å²) in [6.45, 7) is 11.7. The highest BCUT2D eigenvalue weighted by atomic mass is 127. The number of guanidine groups is 1. The fraction of sp³-hybridized carbons (Fsp3) is 0.650. The minimum atomic E-state index is 0. The van der Waals surface area contributed by atoms with Gasteiger partial charge in [-0.2, -0.15) is 0 Å². The van der Waals surface area contributed by atoms with Crippen LogP contribution in [0, 0.1) is 12.3 Å². The van der Waals surface area contributed by atoms with Gasteiger partial charge in [-0.25, -0.2) is 4.99 Å². The summed E-state index contributed by atoms with van der Waals surface area (Å²) in [6.07, 6.45) is 1.09. The third kappa shape index (κ3) is 6.50. The van der Waals surface area contributed by atoms with Gasteiger partial charge in [-0.1, -0.05) is 19.1 Å². The summed E-state index contributed by atoms with van der Waals surface area (Å²) in [5.74, 6) is 1.75. The van der Waals surface area contributed by atoms with Crippen molar-refractivity contribution in [3.63, 3.8) is 0 Å². The zero-order chi connectivity index (χ0) is 18.4. The maximum absolute atomic E-state index is 6.17. The van der Waals surface area contributed by atoms with Crippen molar-refractivity contribution in [3.8, 4) is 5.75 Å². The summed E-state index contributed by atoms with van der Waals surface area (Å²) in [7, 11) is 0. The lowest BCUT2D eigenvalue weighted by Crippen LogP contribution is -2.51. The Kier molecular flexibility index (Phi) is 8.62. The van der Waals surface area contributed by atoms with E-state index in [4.69, 9.17) is 19.2 Å². The van der Waals surface area contributed by atoms with Crippen LogP contribution in [-0.4, -0.2) is 51.6 Å². The average Bonchev–Trinajstić information content (AvgIpc) is 3.10. The van der Waals surface area contributed by atoms with E-state index in [0.717, 1.165) is 56.6 Å². The minimum absolute atomic E-state index is 0. The van der Waals surface area contributed by atoms with Gasteiger partial charge in [-0.3, -0.25) is 0 Å². The van der Waals surface area contributed by atoms with E-state index in [2.05, 4.69) is 49.6 Å². The minimum Gasteiger partial charge on any atom is -0.488 e. The molecule has 3 rings (SSSR count). The third-order valence-corrected chi connectivity index (χ3v) is 4.74. The molecule has 2 fully saturated rings. The fourth-order valence-electron chi connectivity index (χ4n) is 3.04. The standard InChI is InChI=1S/C20H31N3O3.HI/c1-4-21-19(23-12-20(3)13-25-14-20)22-10-16-6-5-15(2)9-18(16)26-17-7-8-24-11-17;/h5-6,9,17H,4,7-8,10-14H2,1-3H3,(H2,21,22,23);1H. The van der Waals surface area contributed by atoms with Crippen molar-refractivity contribution in [3.05, 3.63) is 29.3 Å². The maximum Gasteiger partial charge on any atom is 0.191 e. The van der Waals surface area contributed by atoms with E-state index in [0.29, 0.717) is 13.2 Å². The Labute approximate surface area is 179 Å². The van der Waals surface area contributed by atoms with Crippen LogP contribution in [0.3, 0.4) is 0 Å². The lowest BCUT2D eigenvalue weighted by atomic mass is 9.89. The molecule has 0 spiro atoms. The van der Waals surface area contributed by atoms with Gasteiger partial charge in [0, 0.05) is 30.5 Å². The Morgan fingerprint density at radius 2 is 2.11 bits per heavy atom. The largest absolute Gasteiger partial charge is 0.488 e. The molecular weight excluding hydrogens is 457 g/mol. The number of nitrogens with zero attached hydrogens (tertiary/aromatic N) is 1. The van der Waals surface area contributed by atoms with Crippen molar-refractivity contribution in [1.82, 2.24) is 10.6 Å². The lowest BCUT2D eigenvalue weighted by molar-refractivity contribution is -0.0971. The molecule has 0 radical (unpaired) electrons. The first-order valence-electron chi connectivity index (χ1n) is 9.52. The molecule has 27 heavy (non-hydrogen) atoms. The van der Waals surface area contributed by atoms with Crippen LogP contribution < -0.4 is 15.4 Å². The van der Waals surface area contributed by atoms with E-state index < -0.39 is 0 Å². The second-order valence-corrected chi connectivity index (χ2v) is 7.57.